The SMILES string of the molecule is Cc1ccc(C(N)=S)c(N(C)C(C)c2ccccc2F)n1. The average Bonchev–Trinajstić information content (AvgIpc) is 2.45. The van der Waals surface area contributed by atoms with Gasteiger partial charge in [-0.2, -0.15) is 0 Å². The molecule has 0 amide bonds. The first-order valence-corrected chi connectivity index (χ1v) is 7.07. The molecule has 0 spiro atoms. The maximum atomic E-state index is 14.0. The van der Waals surface area contributed by atoms with Gasteiger partial charge in [0.1, 0.15) is 16.6 Å². The van der Waals surface area contributed by atoms with E-state index in [1.807, 2.05) is 44.0 Å². The Morgan fingerprint density at radius 2 is 1.95 bits per heavy atom. The lowest BCUT2D eigenvalue weighted by molar-refractivity contribution is 0.584. The summed E-state index contributed by atoms with van der Waals surface area (Å²) in [6.45, 7) is 3.82. The van der Waals surface area contributed by atoms with Crippen LogP contribution in [0, 0.1) is 12.7 Å². The third-order valence-electron chi connectivity index (χ3n) is 3.55. The molecule has 110 valence electrons. The van der Waals surface area contributed by atoms with Crippen LogP contribution < -0.4 is 10.6 Å². The standard InChI is InChI=1S/C16H18FN3S/c1-10-8-9-13(15(18)21)16(19-10)20(3)11(2)12-6-4-5-7-14(12)17/h4-9,11H,1-3H3,(H2,18,21). The second-order valence-electron chi connectivity index (χ2n) is 5.00. The highest BCUT2D eigenvalue weighted by Gasteiger charge is 2.20. The molecule has 3 nitrogen and oxygen atoms in total. The number of benzene rings is 1. The van der Waals surface area contributed by atoms with Crippen molar-refractivity contribution in [3.63, 3.8) is 0 Å². The molecule has 0 aliphatic rings. The van der Waals surface area contributed by atoms with Crippen molar-refractivity contribution in [2.75, 3.05) is 11.9 Å². The van der Waals surface area contributed by atoms with Crippen molar-refractivity contribution in [1.82, 2.24) is 4.98 Å². The molecule has 1 atom stereocenters. The summed E-state index contributed by atoms with van der Waals surface area (Å²) in [7, 11) is 1.86. The highest BCUT2D eigenvalue weighted by Crippen LogP contribution is 2.28. The predicted octanol–water partition coefficient (Wildman–Crippen LogP) is 3.36. The second-order valence-corrected chi connectivity index (χ2v) is 5.44. The van der Waals surface area contributed by atoms with Crippen molar-refractivity contribution in [2.45, 2.75) is 19.9 Å². The highest BCUT2D eigenvalue weighted by molar-refractivity contribution is 7.80. The summed E-state index contributed by atoms with van der Waals surface area (Å²) in [5.74, 6) is 0.430. The molecule has 1 aromatic carbocycles. The molecule has 0 saturated carbocycles. The fourth-order valence-corrected chi connectivity index (χ4v) is 2.37. The van der Waals surface area contributed by atoms with Crippen LogP contribution in [0.2, 0.25) is 0 Å². The fourth-order valence-electron chi connectivity index (χ4n) is 2.21. The number of thiocarbonyl (C=S) groups is 1. The minimum Gasteiger partial charge on any atom is -0.389 e. The Bertz CT molecular complexity index is 672. The second kappa shape index (κ2) is 6.18. The fraction of sp³-hybridized carbons (Fsp3) is 0.250. The van der Waals surface area contributed by atoms with E-state index in [1.165, 1.54) is 6.07 Å². The first kappa shape index (κ1) is 15.4. The van der Waals surface area contributed by atoms with E-state index in [2.05, 4.69) is 4.98 Å². The molecule has 0 aliphatic heterocycles. The molecule has 21 heavy (non-hydrogen) atoms. The Hall–Kier alpha value is -2.01. The van der Waals surface area contributed by atoms with Gasteiger partial charge in [0.05, 0.1) is 11.6 Å². The maximum absolute atomic E-state index is 14.0. The molecule has 2 rings (SSSR count). The number of aryl methyl sites for hydroxylation is 1. The first-order chi connectivity index (χ1) is 9.91. The van der Waals surface area contributed by atoms with Crippen molar-refractivity contribution in [2.24, 2.45) is 5.73 Å². The van der Waals surface area contributed by atoms with E-state index in [9.17, 15) is 4.39 Å². The molecule has 0 fully saturated rings. The Balaban J connectivity index is 2.44. The van der Waals surface area contributed by atoms with Gasteiger partial charge in [-0.15, -0.1) is 0 Å². The Kier molecular flexibility index (Phi) is 4.53. The van der Waals surface area contributed by atoms with Gasteiger partial charge < -0.3 is 10.6 Å². The zero-order chi connectivity index (χ0) is 15.6. The van der Waals surface area contributed by atoms with Gasteiger partial charge in [-0.3, -0.25) is 0 Å². The van der Waals surface area contributed by atoms with E-state index in [0.717, 1.165) is 5.69 Å². The molecule has 2 N–H and O–H groups in total. The Morgan fingerprint density at radius 3 is 2.57 bits per heavy atom. The van der Waals surface area contributed by atoms with Crippen molar-refractivity contribution in [3.8, 4) is 0 Å². The van der Waals surface area contributed by atoms with Gasteiger partial charge in [0.25, 0.3) is 0 Å². The van der Waals surface area contributed by atoms with Crippen LogP contribution in [0.15, 0.2) is 36.4 Å². The highest BCUT2D eigenvalue weighted by atomic mass is 32.1. The van der Waals surface area contributed by atoms with Crippen molar-refractivity contribution < 1.29 is 4.39 Å². The number of halogens is 1. The number of nitrogens with zero attached hydrogens (tertiary/aromatic N) is 2. The first-order valence-electron chi connectivity index (χ1n) is 6.66. The lowest BCUT2D eigenvalue weighted by atomic mass is 10.1. The van der Waals surface area contributed by atoms with E-state index >= 15 is 0 Å². The number of rotatable bonds is 4. The molecule has 1 heterocycles. The Morgan fingerprint density at radius 1 is 1.29 bits per heavy atom. The lowest BCUT2D eigenvalue weighted by Crippen LogP contribution is -2.27. The Labute approximate surface area is 129 Å². The minimum atomic E-state index is -0.235. The minimum absolute atomic E-state index is 0.186. The summed E-state index contributed by atoms with van der Waals surface area (Å²) in [6.07, 6.45) is 0. The molecule has 0 radical (unpaired) electrons. The zero-order valence-corrected chi connectivity index (χ0v) is 13.1. The zero-order valence-electron chi connectivity index (χ0n) is 12.3. The largest absolute Gasteiger partial charge is 0.389 e. The van der Waals surface area contributed by atoms with Crippen LogP contribution in [-0.2, 0) is 0 Å². The third kappa shape index (κ3) is 3.19. The summed E-state index contributed by atoms with van der Waals surface area (Å²) in [5.41, 5.74) is 7.92. The quantitative estimate of drug-likeness (QED) is 0.880. The molecule has 1 aromatic heterocycles. The van der Waals surface area contributed by atoms with Gasteiger partial charge in [0.15, 0.2) is 0 Å². The van der Waals surface area contributed by atoms with Gasteiger partial charge in [0.2, 0.25) is 0 Å². The molecular weight excluding hydrogens is 285 g/mol. The molecule has 0 saturated heterocycles. The van der Waals surface area contributed by atoms with Crippen LogP contribution in [-0.4, -0.2) is 17.0 Å². The maximum Gasteiger partial charge on any atom is 0.139 e. The van der Waals surface area contributed by atoms with E-state index in [-0.39, 0.29) is 16.8 Å². The summed E-state index contributed by atoms with van der Waals surface area (Å²) >= 11 is 5.08. The van der Waals surface area contributed by atoms with E-state index in [1.54, 1.807) is 12.1 Å². The smallest absolute Gasteiger partial charge is 0.139 e. The number of hydrogen-bond donors (Lipinski definition) is 1. The number of nitrogens with two attached hydrogens (primary N) is 1. The summed E-state index contributed by atoms with van der Waals surface area (Å²) in [5, 5.41) is 0. The molecular formula is C16H18FN3S. The van der Waals surface area contributed by atoms with Crippen LogP contribution in [0.25, 0.3) is 0 Å². The van der Waals surface area contributed by atoms with Crippen molar-refractivity contribution in [3.05, 3.63) is 59.0 Å². The topological polar surface area (TPSA) is 42.1 Å². The van der Waals surface area contributed by atoms with E-state index in [0.29, 0.717) is 16.9 Å². The van der Waals surface area contributed by atoms with Gasteiger partial charge in [-0.05, 0) is 32.0 Å². The van der Waals surface area contributed by atoms with Crippen molar-refractivity contribution in [1.29, 1.82) is 0 Å². The number of hydrogen-bond acceptors (Lipinski definition) is 3. The van der Waals surface area contributed by atoms with Crippen LogP contribution >= 0.6 is 12.2 Å². The van der Waals surface area contributed by atoms with Crippen LogP contribution in [0.5, 0.6) is 0 Å². The summed E-state index contributed by atoms with van der Waals surface area (Å²) in [4.78, 5) is 6.68. The molecule has 5 heteroatoms. The molecule has 0 bridgehead atoms. The molecule has 2 aromatic rings. The van der Waals surface area contributed by atoms with E-state index in [4.69, 9.17) is 18.0 Å². The normalized spacial score (nSPS) is 12.0. The van der Waals surface area contributed by atoms with Gasteiger partial charge in [0, 0.05) is 18.3 Å². The molecule has 0 aliphatic carbocycles. The number of anilines is 1. The summed E-state index contributed by atoms with van der Waals surface area (Å²) < 4.78 is 14.0. The monoisotopic (exact) mass is 303 g/mol. The van der Waals surface area contributed by atoms with Crippen LogP contribution in [0.4, 0.5) is 10.2 Å². The lowest BCUT2D eigenvalue weighted by Gasteiger charge is -2.28. The number of aromatic nitrogens is 1. The van der Waals surface area contributed by atoms with Gasteiger partial charge in [-0.1, -0.05) is 30.4 Å². The number of pyridine rings is 1. The van der Waals surface area contributed by atoms with Crippen LogP contribution in [0.3, 0.4) is 0 Å². The van der Waals surface area contributed by atoms with E-state index < -0.39 is 0 Å². The van der Waals surface area contributed by atoms with Gasteiger partial charge in [-0.25, -0.2) is 9.37 Å². The third-order valence-corrected chi connectivity index (χ3v) is 3.77. The van der Waals surface area contributed by atoms with Crippen LogP contribution in [0.1, 0.15) is 29.8 Å². The predicted molar refractivity (Wildman–Crippen MR) is 88.1 cm³/mol. The summed E-state index contributed by atoms with van der Waals surface area (Å²) in [6, 6.07) is 10.3. The molecule has 1 unspecified atom stereocenters. The van der Waals surface area contributed by atoms with Crippen molar-refractivity contribution >= 4 is 23.0 Å². The average molecular weight is 303 g/mol. The van der Waals surface area contributed by atoms with Gasteiger partial charge >= 0.3 is 0 Å².